The summed E-state index contributed by atoms with van der Waals surface area (Å²) in [4.78, 5) is 26.6. The van der Waals surface area contributed by atoms with Crippen LogP contribution in [0, 0.1) is 10.1 Å². The number of carbonyl (C=O) groups is 1. The number of hydrogen-bond acceptors (Lipinski definition) is 6. The molecule has 1 aromatic heterocycles. The van der Waals surface area contributed by atoms with Crippen molar-refractivity contribution in [3.05, 3.63) is 40.1 Å². The molecule has 0 bridgehead atoms. The van der Waals surface area contributed by atoms with Crippen LogP contribution in [0.25, 0.3) is 10.9 Å². The van der Waals surface area contributed by atoms with Crippen LogP contribution in [0.3, 0.4) is 0 Å². The molecule has 0 amide bonds. The van der Waals surface area contributed by atoms with Crippen LogP contribution in [0.5, 0.6) is 5.75 Å². The van der Waals surface area contributed by atoms with E-state index in [1.165, 1.54) is 32.8 Å². The maximum atomic E-state index is 12.3. The summed E-state index contributed by atoms with van der Waals surface area (Å²) < 4.78 is 16.1. The number of unbranched alkanes of at least 4 members (excludes halogenated alkanes) is 5. The molecule has 8 nitrogen and oxygen atoms in total. The van der Waals surface area contributed by atoms with Gasteiger partial charge in [-0.3, -0.25) is 10.1 Å². The van der Waals surface area contributed by atoms with Gasteiger partial charge in [0.2, 0.25) is 0 Å². The normalized spacial score (nSPS) is 13.1. The molecule has 1 N–H and O–H groups in total. The van der Waals surface area contributed by atoms with Gasteiger partial charge >= 0.3 is 12.0 Å². The van der Waals surface area contributed by atoms with Crippen LogP contribution >= 0.6 is 0 Å². The predicted molar refractivity (Wildman–Crippen MR) is 119 cm³/mol. The van der Waals surface area contributed by atoms with E-state index in [-0.39, 0.29) is 13.2 Å². The SMILES string of the molecule is CCCCCCCCOc1ccc2[nH]cc(C(COC)C(C(=O)OCC)[N+](=O)[O-])c2c1. The lowest BCUT2D eigenvalue weighted by molar-refractivity contribution is -0.515. The monoisotopic (exact) mass is 434 g/mol. The lowest BCUT2D eigenvalue weighted by atomic mass is 9.92. The predicted octanol–water partition coefficient (Wildman–Crippen LogP) is 4.85. The Morgan fingerprint density at radius 1 is 1.16 bits per heavy atom. The number of fused-ring (bicyclic) bond motifs is 1. The van der Waals surface area contributed by atoms with Crippen LogP contribution in [0.1, 0.15) is 63.9 Å². The molecule has 1 heterocycles. The molecule has 31 heavy (non-hydrogen) atoms. The molecular weight excluding hydrogens is 400 g/mol. The fourth-order valence-electron chi connectivity index (χ4n) is 3.75. The third-order valence-corrected chi connectivity index (χ3v) is 5.33. The molecule has 0 spiro atoms. The summed E-state index contributed by atoms with van der Waals surface area (Å²) in [6, 6.07) is 4.07. The number of aromatic nitrogens is 1. The zero-order chi connectivity index (χ0) is 22.6. The van der Waals surface area contributed by atoms with Crippen molar-refractivity contribution in [3.63, 3.8) is 0 Å². The molecule has 0 saturated heterocycles. The first-order valence-corrected chi connectivity index (χ1v) is 11.1. The molecule has 0 aliphatic rings. The number of H-pyrrole nitrogens is 1. The summed E-state index contributed by atoms with van der Waals surface area (Å²) in [6.07, 6.45) is 8.79. The zero-order valence-electron chi connectivity index (χ0n) is 18.7. The summed E-state index contributed by atoms with van der Waals surface area (Å²) >= 11 is 0. The van der Waals surface area contributed by atoms with Crippen molar-refractivity contribution >= 4 is 16.9 Å². The number of carbonyl (C=O) groups excluding carboxylic acids is 1. The number of nitro groups is 1. The molecule has 0 aliphatic heterocycles. The van der Waals surface area contributed by atoms with Gasteiger partial charge in [-0.25, -0.2) is 4.79 Å². The fraction of sp³-hybridized carbons (Fsp3) is 0.609. The Morgan fingerprint density at radius 2 is 1.90 bits per heavy atom. The third kappa shape index (κ3) is 6.95. The maximum Gasteiger partial charge on any atom is 0.382 e. The average Bonchev–Trinajstić information content (AvgIpc) is 3.16. The first-order valence-electron chi connectivity index (χ1n) is 11.1. The number of rotatable bonds is 15. The molecule has 0 fully saturated rings. The molecule has 2 atom stereocenters. The van der Waals surface area contributed by atoms with Crippen LogP contribution in [-0.2, 0) is 14.3 Å². The van der Waals surface area contributed by atoms with E-state index in [2.05, 4.69) is 11.9 Å². The number of hydrogen-bond donors (Lipinski definition) is 1. The van der Waals surface area contributed by atoms with Crippen molar-refractivity contribution in [3.8, 4) is 5.75 Å². The van der Waals surface area contributed by atoms with Crippen molar-refractivity contribution < 1.29 is 23.9 Å². The smallest absolute Gasteiger partial charge is 0.382 e. The van der Waals surface area contributed by atoms with Crippen LogP contribution in [0.2, 0.25) is 0 Å². The molecule has 0 radical (unpaired) electrons. The summed E-state index contributed by atoms with van der Waals surface area (Å²) in [5, 5.41) is 12.5. The van der Waals surface area contributed by atoms with Crippen molar-refractivity contribution in [1.29, 1.82) is 0 Å². The largest absolute Gasteiger partial charge is 0.494 e. The van der Waals surface area contributed by atoms with Gasteiger partial charge in [0.05, 0.1) is 25.7 Å². The topological polar surface area (TPSA) is 104 Å². The van der Waals surface area contributed by atoms with E-state index in [1.54, 1.807) is 13.1 Å². The lowest BCUT2D eigenvalue weighted by Crippen LogP contribution is -2.39. The maximum absolute atomic E-state index is 12.3. The second-order valence-electron chi connectivity index (χ2n) is 7.61. The van der Waals surface area contributed by atoms with E-state index in [0.29, 0.717) is 17.9 Å². The number of nitrogens with one attached hydrogen (secondary N) is 1. The molecule has 0 saturated carbocycles. The third-order valence-electron chi connectivity index (χ3n) is 5.33. The summed E-state index contributed by atoms with van der Waals surface area (Å²) in [5.74, 6) is -0.951. The van der Waals surface area contributed by atoms with E-state index >= 15 is 0 Å². The first kappa shape index (κ1) is 24.7. The van der Waals surface area contributed by atoms with Gasteiger partial charge in [-0.2, -0.15) is 0 Å². The summed E-state index contributed by atoms with van der Waals surface area (Å²) in [5.41, 5.74) is 1.45. The highest BCUT2D eigenvalue weighted by molar-refractivity contribution is 5.86. The van der Waals surface area contributed by atoms with Crippen LogP contribution in [0.15, 0.2) is 24.4 Å². The molecule has 172 valence electrons. The van der Waals surface area contributed by atoms with Gasteiger partial charge in [0, 0.05) is 29.1 Å². The number of benzene rings is 1. The van der Waals surface area contributed by atoms with E-state index in [9.17, 15) is 14.9 Å². The summed E-state index contributed by atoms with van der Waals surface area (Å²) in [6.45, 7) is 4.54. The van der Waals surface area contributed by atoms with Crippen LogP contribution in [-0.4, -0.2) is 48.8 Å². The van der Waals surface area contributed by atoms with E-state index in [0.717, 1.165) is 23.7 Å². The lowest BCUT2D eigenvalue weighted by Gasteiger charge is -2.19. The Morgan fingerprint density at radius 3 is 2.58 bits per heavy atom. The second-order valence-corrected chi connectivity index (χ2v) is 7.61. The van der Waals surface area contributed by atoms with E-state index in [4.69, 9.17) is 14.2 Å². The number of aromatic amines is 1. The zero-order valence-corrected chi connectivity index (χ0v) is 18.7. The van der Waals surface area contributed by atoms with Crippen molar-refractivity contribution in [2.24, 2.45) is 0 Å². The Hall–Kier alpha value is -2.61. The Balaban J connectivity index is 2.18. The summed E-state index contributed by atoms with van der Waals surface area (Å²) in [7, 11) is 1.46. The minimum atomic E-state index is -1.55. The number of ether oxygens (including phenoxy) is 3. The molecular formula is C23H34N2O6. The second kappa shape index (κ2) is 12.9. The minimum Gasteiger partial charge on any atom is -0.494 e. The molecule has 2 unspecified atom stereocenters. The van der Waals surface area contributed by atoms with E-state index in [1.807, 2.05) is 18.2 Å². The van der Waals surface area contributed by atoms with Gasteiger partial charge in [0.25, 0.3) is 0 Å². The van der Waals surface area contributed by atoms with Gasteiger partial charge in [-0.05, 0) is 37.1 Å². The Labute approximate surface area is 183 Å². The van der Waals surface area contributed by atoms with Crippen molar-refractivity contribution in [2.45, 2.75) is 64.3 Å². The Kier molecular flexibility index (Phi) is 10.3. The van der Waals surface area contributed by atoms with Crippen molar-refractivity contribution in [2.75, 3.05) is 26.9 Å². The number of methoxy groups -OCH3 is 1. The van der Waals surface area contributed by atoms with Crippen LogP contribution in [0.4, 0.5) is 0 Å². The molecule has 0 aliphatic carbocycles. The first-order chi connectivity index (χ1) is 15.0. The molecule has 1 aromatic carbocycles. The van der Waals surface area contributed by atoms with Crippen LogP contribution < -0.4 is 4.74 Å². The number of nitrogens with zero attached hydrogens (tertiary/aromatic N) is 1. The highest BCUT2D eigenvalue weighted by atomic mass is 16.6. The number of esters is 1. The van der Waals surface area contributed by atoms with Gasteiger partial charge < -0.3 is 19.2 Å². The highest BCUT2D eigenvalue weighted by Gasteiger charge is 2.42. The molecule has 2 aromatic rings. The van der Waals surface area contributed by atoms with Gasteiger partial charge in [-0.1, -0.05) is 39.0 Å². The van der Waals surface area contributed by atoms with Gasteiger partial charge in [-0.15, -0.1) is 0 Å². The highest BCUT2D eigenvalue weighted by Crippen LogP contribution is 2.32. The van der Waals surface area contributed by atoms with Gasteiger partial charge in [0.1, 0.15) is 5.75 Å². The standard InChI is InChI=1S/C23H34N2O6/c1-4-6-7-8-9-10-13-31-17-11-12-21-18(14-17)19(15-24-21)20(16-29-3)22(25(27)28)23(26)30-5-2/h11-12,14-15,20,22,24H,4-10,13,16H2,1-3H3. The molecule has 8 heteroatoms. The van der Waals surface area contributed by atoms with E-state index < -0.39 is 22.9 Å². The quantitative estimate of drug-likeness (QED) is 0.186. The average molecular weight is 435 g/mol. The van der Waals surface area contributed by atoms with Crippen molar-refractivity contribution in [1.82, 2.24) is 4.98 Å². The minimum absolute atomic E-state index is 0.0141. The van der Waals surface area contributed by atoms with Gasteiger partial charge in [0.15, 0.2) is 0 Å². The fourth-order valence-corrected chi connectivity index (χ4v) is 3.75. The Bertz CT molecular complexity index is 835. The molecule has 2 rings (SSSR count).